The van der Waals surface area contributed by atoms with Crippen molar-refractivity contribution in [3.8, 4) is 11.4 Å². The van der Waals surface area contributed by atoms with E-state index in [4.69, 9.17) is 9.72 Å². The zero-order chi connectivity index (χ0) is 21.0. The van der Waals surface area contributed by atoms with Crippen molar-refractivity contribution in [3.63, 3.8) is 0 Å². The molecular weight excluding hydrogens is 501 g/mol. The molecule has 0 fully saturated rings. The average Bonchev–Trinajstić information content (AvgIpc) is 2.74. The standard InChI is InChI=1S/C21H22IN3O3S/c1-4-24(5-2)19(26)13-29-21-23-18-11-6-14(22)12-17(18)20(27)25(21)15-7-9-16(28-3)10-8-15/h6-12H,4-5,13H2,1-3H3. The first-order valence-electron chi connectivity index (χ1n) is 9.25. The van der Waals surface area contributed by atoms with Crippen molar-refractivity contribution in [1.82, 2.24) is 14.5 Å². The van der Waals surface area contributed by atoms with Gasteiger partial charge in [-0.15, -0.1) is 0 Å². The van der Waals surface area contributed by atoms with Crippen LogP contribution in [0.5, 0.6) is 5.75 Å². The number of fused-ring (bicyclic) bond motifs is 1. The van der Waals surface area contributed by atoms with E-state index in [9.17, 15) is 9.59 Å². The number of carbonyl (C=O) groups is 1. The zero-order valence-corrected chi connectivity index (χ0v) is 19.5. The lowest BCUT2D eigenvalue weighted by Gasteiger charge is -2.19. The maximum atomic E-state index is 13.3. The van der Waals surface area contributed by atoms with Crippen molar-refractivity contribution < 1.29 is 9.53 Å². The van der Waals surface area contributed by atoms with Crippen molar-refractivity contribution in [2.45, 2.75) is 19.0 Å². The third-order valence-electron chi connectivity index (χ3n) is 4.57. The summed E-state index contributed by atoms with van der Waals surface area (Å²) in [4.78, 5) is 32.3. The lowest BCUT2D eigenvalue weighted by atomic mass is 10.2. The predicted octanol–water partition coefficient (Wildman–Crippen LogP) is 3.96. The number of aromatic nitrogens is 2. The van der Waals surface area contributed by atoms with Gasteiger partial charge in [0.25, 0.3) is 5.56 Å². The molecule has 0 radical (unpaired) electrons. The molecule has 29 heavy (non-hydrogen) atoms. The van der Waals surface area contributed by atoms with E-state index >= 15 is 0 Å². The van der Waals surface area contributed by atoms with Crippen molar-refractivity contribution in [2.24, 2.45) is 0 Å². The van der Waals surface area contributed by atoms with Crippen LogP contribution in [0.15, 0.2) is 52.4 Å². The van der Waals surface area contributed by atoms with Gasteiger partial charge in [0.15, 0.2) is 5.16 Å². The van der Waals surface area contributed by atoms with Gasteiger partial charge in [-0.3, -0.25) is 14.2 Å². The van der Waals surface area contributed by atoms with Gasteiger partial charge < -0.3 is 9.64 Å². The molecule has 0 atom stereocenters. The fourth-order valence-corrected chi connectivity index (χ4v) is 4.39. The summed E-state index contributed by atoms with van der Waals surface area (Å²) in [6, 6.07) is 12.8. The highest BCUT2D eigenvalue weighted by Crippen LogP contribution is 2.24. The van der Waals surface area contributed by atoms with E-state index in [-0.39, 0.29) is 17.2 Å². The number of halogens is 1. The number of thioether (sulfide) groups is 1. The summed E-state index contributed by atoms with van der Waals surface area (Å²) in [7, 11) is 1.60. The van der Waals surface area contributed by atoms with E-state index in [0.717, 1.165) is 3.57 Å². The van der Waals surface area contributed by atoms with Crippen LogP contribution in [-0.2, 0) is 4.79 Å². The number of rotatable bonds is 7. The smallest absolute Gasteiger partial charge is 0.266 e. The summed E-state index contributed by atoms with van der Waals surface area (Å²) in [5.74, 6) is 0.953. The number of carbonyl (C=O) groups excluding carboxylic acids is 1. The van der Waals surface area contributed by atoms with Crippen LogP contribution in [0, 0.1) is 3.57 Å². The van der Waals surface area contributed by atoms with Gasteiger partial charge >= 0.3 is 0 Å². The van der Waals surface area contributed by atoms with Crippen LogP contribution in [-0.4, -0.2) is 46.3 Å². The fraction of sp³-hybridized carbons (Fsp3) is 0.286. The summed E-state index contributed by atoms with van der Waals surface area (Å²) < 4.78 is 7.75. The Kier molecular flexibility index (Phi) is 7.18. The van der Waals surface area contributed by atoms with Crippen molar-refractivity contribution in [2.75, 3.05) is 26.0 Å². The molecule has 0 aliphatic heterocycles. The van der Waals surface area contributed by atoms with Gasteiger partial charge in [0.05, 0.1) is 29.5 Å². The van der Waals surface area contributed by atoms with Crippen molar-refractivity contribution in [1.29, 1.82) is 0 Å². The number of hydrogen-bond donors (Lipinski definition) is 0. The molecule has 8 heteroatoms. The summed E-state index contributed by atoms with van der Waals surface area (Å²) in [5, 5.41) is 1.04. The summed E-state index contributed by atoms with van der Waals surface area (Å²) >= 11 is 3.46. The first kappa shape index (κ1) is 21.6. The van der Waals surface area contributed by atoms with Gasteiger partial charge in [-0.1, -0.05) is 11.8 Å². The first-order valence-corrected chi connectivity index (χ1v) is 11.3. The van der Waals surface area contributed by atoms with E-state index < -0.39 is 0 Å². The van der Waals surface area contributed by atoms with Crippen molar-refractivity contribution in [3.05, 3.63) is 56.4 Å². The predicted molar refractivity (Wildman–Crippen MR) is 125 cm³/mol. The normalized spacial score (nSPS) is 10.9. The number of amides is 1. The summed E-state index contributed by atoms with van der Waals surface area (Å²) in [6.45, 7) is 5.22. The van der Waals surface area contributed by atoms with Gasteiger partial charge in [0.1, 0.15) is 5.75 Å². The Labute approximate surface area is 187 Å². The molecule has 0 bridgehead atoms. The van der Waals surface area contributed by atoms with Gasteiger partial charge in [-0.05, 0) is 78.9 Å². The molecule has 152 valence electrons. The minimum absolute atomic E-state index is 0.0261. The summed E-state index contributed by atoms with van der Waals surface area (Å²) in [6.07, 6.45) is 0. The molecule has 2 aromatic carbocycles. The highest BCUT2D eigenvalue weighted by Gasteiger charge is 2.17. The van der Waals surface area contributed by atoms with Crippen LogP contribution in [0.3, 0.4) is 0 Å². The Morgan fingerprint density at radius 1 is 1.17 bits per heavy atom. The second-order valence-corrected chi connectivity index (χ2v) is 8.44. The topological polar surface area (TPSA) is 64.4 Å². The third-order valence-corrected chi connectivity index (χ3v) is 6.17. The number of hydrogen-bond acceptors (Lipinski definition) is 5. The molecule has 3 aromatic rings. The molecular formula is C21H22IN3O3S. The third kappa shape index (κ3) is 4.75. The molecule has 0 N–H and O–H groups in total. The van der Waals surface area contributed by atoms with Crippen molar-refractivity contribution >= 4 is 51.2 Å². The zero-order valence-electron chi connectivity index (χ0n) is 16.5. The number of nitrogens with zero attached hydrogens (tertiary/aromatic N) is 3. The monoisotopic (exact) mass is 523 g/mol. The molecule has 0 unspecified atom stereocenters. The van der Waals surface area contributed by atoms with Gasteiger partial charge in [0, 0.05) is 16.7 Å². The molecule has 0 aliphatic carbocycles. The molecule has 1 aromatic heterocycles. The van der Waals surface area contributed by atoms with Gasteiger partial charge in [0.2, 0.25) is 5.91 Å². The Bertz CT molecular complexity index is 1080. The van der Waals surface area contributed by atoms with Gasteiger partial charge in [-0.25, -0.2) is 4.98 Å². The van der Waals surface area contributed by atoms with E-state index in [1.807, 2.05) is 44.2 Å². The van der Waals surface area contributed by atoms with Crippen LogP contribution in [0.1, 0.15) is 13.8 Å². The quantitative estimate of drug-likeness (QED) is 0.267. The Hall–Kier alpha value is -2.07. The second kappa shape index (κ2) is 9.62. The number of ether oxygens (including phenoxy) is 1. The maximum absolute atomic E-state index is 13.3. The van der Waals surface area contributed by atoms with E-state index in [1.165, 1.54) is 11.8 Å². The number of benzene rings is 2. The van der Waals surface area contributed by atoms with Crippen LogP contribution in [0.2, 0.25) is 0 Å². The molecule has 0 aliphatic rings. The van der Waals surface area contributed by atoms with Crippen LogP contribution in [0.4, 0.5) is 0 Å². The first-order chi connectivity index (χ1) is 14.0. The van der Waals surface area contributed by atoms with Crippen LogP contribution < -0.4 is 10.3 Å². The van der Waals surface area contributed by atoms with E-state index in [1.54, 1.807) is 28.7 Å². The van der Waals surface area contributed by atoms with E-state index in [0.29, 0.717) is 40.6 Å². The molecule has 6 nitrogen and oxygen atoms in total. The molecule has 0 saturated heterocycles. The minimum atomic E-state index is -0.156. The highest BCUT2D eigenvalue weighted by molar-refractivity contribution is 14.1. The Balaban J connectivity index is 2.09. The highest BCUT2D eigenvalue weighted by atomic mass is 127. The second-order valence-electron chi connectivity index (χ2n) is 6.25. The lowest BCUT2D eigenvalue weighted by molar-refractivity contribution is -0.127. The minimum Gasteiger partial charge on any atom is -0.497 e. The largest absolute Gasteiger partial charge is 0.497 e. The Morgan fingerprint density at radius 2 is 1.86 bits per heavy atom. The molecule has 0 saturated carbocycles. The summed E-state index contributed by atoms with van der Waals surface area (Å²) in [5.41, 5.74) is 1.15. The lowest BCUT2D eigenvalue weighted by Crippen LogP contribution is -2.32. The average molecular weight is 523 g/mol. The van der Waals surface area contributed by atoms with Gasteiger partial charge in [-0.2, -0.15) is 0 Å². The van der Waals surface area contributed by atoms with Crippen LogP contribution >= 0.6 is 34.4 Å². The number of methoxy groups -OCH3 is 1. The maximum Gasteiger partial charge on any atom is 0.266 e. The molecule has 3 rings (SSSR count). The van der Waals surface area contributed by atoms with E-state index in [2.05, 4.69) is 22.6 Å². The SMILES string of the molecule is CCN(CC)C(=O)CSc1nc2ccc(I)cc2c(=O)n1-c1ccc(OC)cc1. The van der Waals surface area contributed by atoms with Crippen LogP contribution in [0.25, 0.3) is 16.6 Å². The molecule has 1 heterocycles. The molecule has 1 amide bonds. The molecule has 0 spiro atoms. The Morgan fingerprint density at radius 3 is 2.48 bits per heavy atom. The fourth-order valence-electron chi connectivity index (χ4n) is 2.99.